The Morgan fingerprint density at radius 2 is 1.71 bits per heavy atom. The average molecular weight is 486 g/mol. The van der Waals surface area contributed by atoms with Crippen LogP contribution in [-0.2, 0) is 19.1 Å². The van der Waals surface area contributed by atoms with E-state index in [9.17, 15) is 9.59 Å². The van der Waals surface area contributed by atoms with Crippen LogP contribution in [-0.4, -0.2) is 39.8 Å². The van der Waals surface area contributed by atoms with E-state index in [4.69, 9.17) is 18.9 Å². The van der Waals surface area contributed by atoms with E-state index in [0.29, 0.717) is 36.0 Å². The van der Waals surface area contributed by atoms with Crippen LogP contribution in [0.15, 0.2) is 42.5 Å². The average Bonchev–Trinajstić information content (AvgIpc) is 2.87. The van der Waals surface area contributed by atoms with Crippen molar-refractivity contribution < 1.29 is 28.5 Å². The van der Waals surface area contributed by atoms with Gasteiger partial charge in [0.15, 0.2) is 5.75 Å². The zero-order chi connectivity index (χ0) is 25.6. The number of rotatable bonds is 15. The number of carbonyl (C=O) groups excluding carboxylic acids is 2. The van der Waals surface area contributed by atoms with Crippen LogP contribution in [0.4, 0.5) is 5.69 Å². The van der Waals surface area contributed by atoms with Crippen molar-refractivity contribution in [2.75, 3.05) is 33.3 Å². The first-order valence-corrected chi connectivity index (χ1v) is 12.3. The maximum atomic E-state index is 13.1. The molecule has 0 saturated heterocycles. The molecule has 7 heteroatoms. The Balaban J connectivity index is 2.30. The summed E-state index contributed by atoms with van der Waals surface area (Å²) in [6.45, 7) is 4.94. The molecule has 0 spiro atoms. The number of amides is 1. The second-order valence-corrected chi connectivity index (χ2v) is 8.60. The summed E-state index contributed by atoms with van der Waals surface area (Å²) in [5.74, 6) is 0.151. The van der Waals surface area contributed by atoms with Crippen LogP contribution in [0.1, 0.15) is 63.9 Å². The lowest BCUT2D eigenvalue weighted by Gasteiger charge is -2.20. The van der Waals surface area contributed by atoms with Crippen molar-refractivity contribution in [3.63, 3.8) is 0 Å². The van der Waals surface area contributed by atoms with Crippen LogP contribution in [0.5, 0.6) is 17.2 Å². The standard InChI is InChI=1S/C28H39NO6/c1-6-7-8-14-23(28(31)34-5)27(30)29-24-19-21(33-4)16-17-26(24)35-25-15-10-9-13-22(25)20(2)12-11-18-32-3/h9-10,13,15-17,19-20,23H,6-8,11-12,14,18H2,1-5H3,(H,29,30). The third-order valence-corrected chi connectivity index (χ3v) is 6.00. The van der Waals surface area contributed by atoms with Crippen molar-refractivity contribution in [1.29, 1.82) is 0 Å². The number of methoxy groups -OCH3 is 3. The first-order valence-electron chi connectivity index (χ1n) is 12.3. The van der Waals surface area contributed by atoms with E-state index in [0.717, 1.165) is 37.7 Å². The fourth-order valence-corrected chi connectivity index (χ4v) is 3.93. The van der Waals surface area contributed by atoms with Gasteiger partial charge in [-0.25, -0.2) is 0 Å². The Morgan fingerprint density at radius 1 is 0.943 bits per heavy atom. The lowest BCUT2D eigenvalue weighted by atomic mass is 9.95. The number of para-hydroxylation sites is 1. The Labute approximate surface area is 209 Å². The second kappa shape index (κ2) is 15.0. The SMILES string of the molecule is CCCCCC(C(=O)Nc1cc(OC)ccc1Oc1ccccc1C(C)CCCOC)C(=O)OC. The van der Waals surface area contributed by atoms with Gasteiger partial charge in [0.05, 0.1) is 19.9 Å². The highest BCUT2D eigenvalue weighted by molar-refractivity contribution is 6.05. The van der Waals surface area contributed by atoms with E-state index < -0.39 is 17.8 Å². The maximum Gasteiger partial charge on any atom is 0.318 e. The second-order valence-electron chi connectivity index (χ2n) is 8.60. The number of ether oxygens (including phenoxy) is 4. The highest BCUT2D eigenvalue weighted by Crippen LogP contribution is 2.37. The summed E-state index contributed by atoms with van der Waals surface area (Å²) in [6, 6.07) is 13.1. The lowest BCUT2D eigenvalue weighted by molar-refractivity contribution is -0.149. The lowest BCUT2D eigenvalue weighted by Crippen LogP contribution is -2.30. The van der Waals surface area contributed by atoms with E-state index in [1.807, 2.05) is 18.2 Å². The Kier molecular flexibility index (Phi) is 12.1. The summed E-state index contributed by atoms with van der Waals surface area (Å²) in [5.41, 5.74) is 1.50. The molecule has 2 aromatic rings. The van der Waals surface area contributed by atoms with Crippen LogP contribution in [0.25, 0.3) is 0 Å². The van der Waals surface area contributed by atoms with Crippen LogP contribution in [0.3, 0.4) is 0 Å². The zero-order valence-electron chi connectivity index (χ0n) is 21.6. The Morgan fingerprint density at radius 3 is 2.40 bits per heavy atom. The molecule has 2 atom stereocenters. The fraction of sp³-hybridized carbons (Fsp3) is 0.500. The van der Waals surface area contributed by atoms with Gasteiger partial charge < -0.3 is 24.3 Å². The van der Waals surface area contributed by atoms with E-state index >= 15 is 0 Å². The zero-order valence-corrected chi connectivity index (χ0v) is 21.6. The van der Waals surface area contributed by atoms with Crippen molar-refractivity contribution in [3.8, 4) is 17.2 Å². The molecular formula is C28H39NO6. The molecule has 2 aromatic carbocycles. The summed E-state index contributed by atoms with van der Waals surface area (Å²) in [7, 11) is 4.56. The number of anilines is 1. The molecule has 0 heterocycles. The summed E-state index contributed by atoms with van der Waals surface area (Å²) in [5, 5.41) is 2.88. The molecule has 0 aliphatic heterocycles. The minimum atomic E-state index is -0.890. The molecule has 0 aliphatic carbocycles. The summed E-state index contributed by atoms with van der Waals surface area (Å²) < 4.78 is 21.8. The van der Waals surface area contributed by atoms with Gasteiger partial charge in [-0.1, -0.05) is 51.3 Å². The fourth-order valence-electron chi connectivity index (χ4n) is 3.93. The molecular weight excluding hydrogens is 446 g/mol. The summed E-state index contributed by atoms with van der Waals surface area (Å²) in [4.78, 5) is 25.4. The van der Waals surface area contributed by atoms with E-state index in [1.165, 1.54) is 7.11 Å². The predicted molar refractivity (Wildman–Crippen MR) is 137 cm³/mol. The molecule has 35 heavy (non-hydrogen) atoms. The van der Waals surface area contributed by atoms with Gasteiger partial charge >= 0.3 is 5.97 Å². The number of benzene rings is 2. The Hall–Kier alpha value is -3.06. The van der Waals surface area contributed by atoms with Gasteiger partial charge in [0, 0.05) is 19.8 Å². The highest BCUT2D eigenvalue weighted by atomic mass is 16.5. The van der Waals surface area contributed by atoms with Crippen molar-refractivity contribution >= 4 is 17.6 Å². The van der Waals surface area contributed by atoms with Gasteiger partial charge in [0.25, 0.3) is 0 Å². The molecule has 7 nitrogen and oxygen atoms in total. The molecule has 1 N–H and O–H groups in total. The van der Waals surface area contributed by atoms with Gasteiger partial charge in [0.2, 0.25) is 5.91 Å². The molecule has 0 radical (unpaired) electrons. The molecule has 0 fully saturated rings. The predicted octanol–water partition coefficient (Wildman–Crippen LogP) is 6.33. The van der Waals surface area contributed by atoms with Crippen LogP contribution in [0.2, 0.25) is 0 Å². The first kappa shape index (κ1) is 28.2. The van der Waals surface area contributed by atoms with Crippen molar-refractivity contribution in [2.24, 2.45) is 5.92 Å². The van der Waals surface area contributed by atoms with Crippen molar-refractivity contribution in [3.05, 3.63) is 48.0 Å². The molecule has 0 aliphatic rings. The van der Waals surface area contributed by atoms with Crippen LogP contribution >= 0.6 is 0 Å². The molecule has 2 unspecified atom stereocenters. The minimum absolute atomic E-state index is 0.264. The number of unbranched alkanes of at least 4 members (excludes halogenated alkanes) is 2. The quantitative estimate of drug-likeness (QED) is 0.180. The number of nitrogens with one attached hydrogen (secondary N) is 1. The topological polar surface area (TPSA) is 83.1 Å². The smallest absolute Gasteiger partial charge is 0.318 e. The first-order chi connectivity index (χ1) is 16.9. The van der Waals surface area contributed by atoms with Gasteiger partial charge in [0.1, 0.15) is 17.4 Å². The van der Waals surface area contributed by atoms with Gasteiger partial charge in [-0.2, -0.15) is 0 Å². The number of carbonyl (C=O) groups is 2. The molecule has 0 bridgehead atoms. The number of hydrogen-bond donors (Lipinski definition) is 1. The normalized spacial score (nSPS) is 12.5. The van der Waals surface area contributed by atoms with Crippen molar-refractivity contribution in [2.45, 2.75) is 58.3 Å². The minimum Gasteiger partial charge on any atom is -0.497 e. The van der Waals surface area contributed by atoms with Gasteiger partial charge in [-0.05, 0) is 48.9 Å². The monoisotopic (exact) mass is 485 g/mol. The maximum absolute atomic E-state index is 13.1. The van der Waals surface area contributed by atoms with Crippen LogP contribution in [0, 0.1) is 5.92 Å². The molecule has 1 amide bonds. The summed E-state index contributed by atoms with van der Waals surface area (Å²) >= 11 is 0. The molecule has 192 valence electrons. The number of hydrogen-bond acceptors (Lipinski definition) is 6. The van der Waals surface area contributed by atoms with E-state index in [1.54, 1.807) is 32.4 Å². The number of esters is 1. The van der Waals surface area contributed by atoms with E-state index in [2.05, 4.69) is 25.2 Å². The third kappa shape index (κ3) is 8.58. The van der Waals surface area contributed by atoms with Crippen molar-refractivity contribution in [1.82, 2.24) is 0 Å². The molecule has 0 aromatic heterocycles. The third-order valence-electron chi connectivity index (χ3n) is 6.00. The Bertz CT molecular complexity index is 945. The van der Waals surface area contributed by atoms with Crippen LogP contribution < -0.4 is 14.8 Å². The van der Waals surface area contributed by atoms with E-state index in [-0.39, 0.29) is 5.92 Å². The molecule has 0 saturated carbocycles. The van der Waals surface area contributed by atoms with Gasteiger partial charge in [-0.3, -0.25) is 9.59 Å². The van der Waals surface area contributed by atoms with Gasteiger partial charge in [-0.15, -0.1) is 0 Å². The molecule has 2 rings (SSSR count). The highest BCUT2D eigenvalue weighted by Gasteiger charge is 2.28. The largest absolute Gasteiger partial charge is 0.497 e. The summed E-state index contributed by atoms with van der Waals surface area (Å²) in [6.07, 6.45) is 5.02.